The summed E-state index contributed by atoms with van der Waals surface area (Å²) >= 11 is 0. The molecule has 0 aliphatic carbocycles. The third-order valence-corrected chi connectivity index (χ3v) is 5.29. The second-order valence-electron chi connectivity index (χ2n) is 6.04. The predicted octanol–water partition coefficient (Wildman–Crippen LogP) is 0.327. The highest BCUT2D eigenvalue weighted by molar-refractivity contribution is 7.48. The lowest BCUT2D eigenvalue weighted by atomic mass is 10.2. The number of carbonyl (C=O) groups is 1. The molecule has 15 heteroatoms. The van der Waals surface area contributed by atoms with E-state index in [1.54, 1.807) is 14.0 Å². The van der Waals surface area contributed by atoms with Crippen LogP contribution < -0.4 is 22.3 Å². The molecule has 0 fully saturated rings. The standard InChI is InChI=1S/C15H26N7O7P/c1-10-11-12(21-22(10)2)14(23)20-19-13(11)18-15(24)26-9-29-30(25,27-7-3-5-16)28-8-4-6-17/h3-9,16-17H2,1-2H3,(H,20,23)(H,18,19,24). The van der Waals surface area contributed by atoms with E-state index >= 15 is 0 Å². The molecule has 0 aliphatic heterocycles. The quantitative estimate of drug-likeness (QED) is 0.198. The lowest BCUT2D eigenvalue weighted by Gasteiger charge is -2.17. The largest absolute Gasteiger partial charge is 0.477 e. The fraction of sp³-hybridized carbons (Fsp3) is 0.600. The monoisotopic (exact) mass is 447 g/mol. The Kier molecular flexibility index (Phi) is 8.89. The van der Waals surface area contributed by atoms with Crippen LogP contribution in [0.1, 0.15) is 18.5 Å². The molecule has 0 saturated carbocycles. The Bertz CT molecular complexity index is 947. The number of ether oxygens (including phenoxy) is 1. The Hall–Kier alpha value is -2.35. The summed E-state index contributed by atoms with van der Waals surface area (Å²) in [5.74, 6) is 0.0433. The zero-order chi connectivity index (χ0) is 22.1. The van der Waals surface area contributed by atoms with Crippen LogP contribution in [0.4, 0.5) is 10.6 Å². The summed E-state index contributed by atoms with van der Waals surface area (Å²) in [5, 5.41) is 12.9. The number of carbonyl (C=O) groups excluding carboxylic acids is 1. The van der Waals surface area contributed by atoms with Crippen LogP contribution >= 0.6 is 7.82 Å². The van der Waals surface area contributed by atoms with Gasteiger partial charge in [0.05, 0.1) is 18.6 Å². The molecule has 2 rings (SSSR count). The predicted molar refractivity (Wildman–Crippen MR) is 107 cm³/mol. The first-order chi connectivity index (χ1) is 14.3. The van der Waals surface area contributed by atoms with Crippen molar-refractivity contribution in [2.45, 2.75) is 19.8 Å². The van der Waals surface area contributed by atoms with Crippen LogP contribution in [0.2, 0.25) is 0 Å². The van der Waals surface area contributed by atoms with Crippen LogP contribution in [-0.2, 0) is 29.9 Å². The van der Waals surface area contributed by atoms with Crippen molar-refractivity contribution >= 4 is 30.6 Å². The number of aryl methyl sites for hydroxylation is 2. The van der Waals surface area contributed by atoms with Gasteiger partial charge < -0.3 is 16.2 Å². The Labute approximate surface area is 171 Å². The van der Waals surface area contributed by atoms with Crippen LogP contribution in [0, 0.1) is 6.92 Å². The third-order valence-electron chi connectivity index (χ3n) is 3.87. The number of phosphoric ester groups is 1. The molecule has 0 atom stereocenters. The molecule has 0 bridgehead atoms. The van der Waals surface area contributed by atoms with Crippen molar-refractivity contribution in [3.63, 3.8) is 0 Å². The number of nitrogens with one attached hydrogen (secondary N) is 2. The summed E-state index contributed by atoms with van der Waals surface area (Å²) in [6.45, 7) is 1.74. The Morgan fingerprint density at radius 2 is 1.83 bits per heavy atom. The number of nitrogens with zero attached hydrogens (tertiary/aromatic N) is 3. The van der Waals surface area contributed by atoms with Crippen LogP contribution in [0.15, 0.2) is 4.79 Å². The van der Waals surface area contributed by atoms with Crippen molar-refractivity contribution in [2.75, 3.05) is 38.4 Å². The van der Waals surface area contributed by atoms with Crippen LogP contribution in [0.3, 0.4) is 0 Å². The number of H-pyrrole nitrogens is 1. The number of amides is 1. The van der Waals surface area contributed by atoms with E-state index in [-0.39, 0.29) is 24.5 Å². The molecule has 0 unspecified atom stereocenters. The number of fused-ring (bicyclic) bond motifs is 1. The molecule has 0 aliphatic rings. The number of aromatic amines is 1. The first kappa shape index (κ1) is 23.9. The van der Waals surface area contributed by atoms with E-state index < -0.39 is 26.3 Å². The molecule has 6 N–H and O–H groups in total. The molecule has 0 spiro atoms. The molecule has 30 heavy (non-hydrogen) atoms. The number of aromatic nitrogens is 4. The summed E-state index contributed by atoms with van der Waals surface area (Å²) in [4.78, 5) is 23.9. The molecule has 2 aromatic heterocycles. The highest BCUT2D eigenvalue weighted by Crippen LogP contribution is 2.49. The lowest BCUT2D eigenvalue weighted by Crippen LogP contribution is -2.19. The van der Waals surface area contributed by atoms with E-state index in [1.165, 1.54) is 4.68 Å². The highest BCUT2D eigenvalue weighted by atomic mass is 31.2. The van der Waals surface area contributed by atoms with E-state index in [0.717, 1.165) is 0 Å². The normalized spacial score (nSPS) is 11.7. The molecule has 14 nitrogen and oxygen atoms in total. The zero-order valence-corrected chi connectivity index (χ0v) is 17.6. The number of hydrogen-bond acceptors (Lipinski definition) is 11. The fourth-order valence-corrected chi connectivity index (χ4v) is 3.38. The van der Waals surface area contributed by atoms with Crippen molar-refractivity contribution in [1.82, 2.24) is 20.0 Å². The molecular formula is C15H26N7O7P. The number of nitrogens with two attached hydrogens (primary N) is 2. The molecule has 168 valence electrons. The molecule has 1 amide bonds. The van der Waals surface area contributed by atoms with Gasteiger partial charge in [-0.25, -0.2) is 19.0 Å². The topological polar surface area (TPSA) is 199 Å². The van der Waals surface area contributed by atoms with Crippen molar-refractivity contribution in [3.8, 4) is 0 Å². The summed E-state index contributed by atoms with van der Waals surface area (Å²) in [6, 6.07) is 0. The lowest BCUT2D eigenvalue weighted by molar-refractivity contribution is 0.0262. The SMILES string of the molecule is Cc1c2c(NC(=O)OCOP(=O)(OCCCN)OCCCN)n[nH]c(=O)c2nn1C. The van der Waals surface area contributed by atoms with Gasteiger partial charge in [0.15, 0.2) is 11.3 Å². The Morgan fingerprint density at radius 1 is 1.20 bits per heavy atom. The van der Waals surface area contributed by atoms with Crippen molar-refractivity contribution < 1.29 is 27.7 Å². The van der Waals surface area contributed by atoms with Gasteiger partial charge in [-0.05, 0) is 32.9 Å². The van der Waals surface area contributed by atoms with Gasteiger partial charge in [0.25, 0.3) is 5.56 Å². The second-order valence-corrected chi connectivity index (χ2v) is 7.70. The van der Waals surface area contributed by atoms with E-state index in [0.29, 0.717) is 37.0 Å². The van der Waals surface area contributed by atoms with Gasteiger partial charge in [-0.3, -0.25) is 23.8 Å². The molecule has 0 saturated heterocycles. The number of anilines is 1. The number of phosphoric acid groups is 1. The van der Waals surface area contributed by atoms with Crippen LogP contribution in [-0.4, -0.2) is 59.2 Å². The summed E-state index contributed by atoms with van der Waals surface area (Å²) in [5.41, 5.74) is 11.0. The Balaban J connectivity index is 1.97. The smallest absolute Gasteiger partial charge is 0.421 e. The molecule has 0 radical (unpaired) electrons. The van der Waals surface area contributed by atoms with Crippen molar-refractivity contribution in [3.05, 3.63) is 16.0 Å². The maximum absolute atomic E-state index is 12.5. The number of rotatable bonds is 12. The van der Waals surface area contributed by atoms with E-state index in [2.05, 4.69) is 20.6 Å². The maximum Gasteiger partial charge on any atom is 0.477 e. The average molecular weight is 447 g/mol. The van der Waals surface area contributed by atoms with Gasteiger partial charge in [0, 0.05) is 12.7 Å². The highest BCUT2D eigenvalue weighted by Gasteiger charge is 2.27. The van der Waals surface area contributed by atoms with Gasteiger partial charge in [0.1, 0.15) is 0 Å². The van der Waals surface area contributed by atoms with Crippen LogP contribution in [0.5, 0.6) is 0 Å². The van der Waals surface area contributed by atoms with Gasteiger partial charge >= 0.3 is 13.9 Å². The minimum Gasteiger partial charge on any atom is -0.421 e. The maximum atomic E-state index is 12.5. The Morgan fingerprint density at radius 3 is 2.43 bits per heavy atom. The first-order valence-corrected chi connectivity index (χ1v) is 10.6. The summed E-state index contributed by atoms with van der Waals surface area (Å²) in [7, 11) is -2.31. The minimum absolute atomic E-state index is 0.0433. The minimum atomic E-state index is -3.96. The van der Waals surface area contributed by atoms with E-state index in [9.17, 15) is 14.2 Å². The first-order valence-electron chi connectivity index (χ1n) is 9.11. The fourth-order valence-electron chi connectivity index (χ4n) is 2.26. The third kappa shape index (κ3) is 6.32. The van der Waals surface area contributed by atoms with E-state index in [1.807, 2.05) is 0 Å². The number of hydrogen-bond donors (Lipinski definition) is 4. The molecule has 2 aromatic rings. The van der Waals surface area contributed by atoms with Crippen molar-refractivity contribution in [2.24, 2.45) is 18.5 Å². The van der Waals surface area contributed by atoms with E-state index in [4.69, 9.17) is 29.8 Å². The molecule has 0 aromatic carbocycles. The van der Waals surface area contributed by atoms with Crippen LogP contribution in [0.25, 0.3) is 10.9 Å². The molecular weight excluding hydrogens is 421 g/mol. The summed E-state index contributed by atoms with van der Waals surface area (Å²) < 4.78 is 34.1. The van der Waals surface area contributed by atoms with Crippen molar-refractivity contribution in [1.29, 1.82) is 0 Å². The average Bonchev–Trinajstić information content (AvgIpc) is 3.00. The van der Waals surface area contributed by atoms with Gasteiger partial charge in [-0.2, -0.15) is 10.2 Å². The van der Waals surface area contributed by atoms with Gasteiger partial charge in [0.2, 0.25) is 6.79 Å². The zero-order valence-electron chi connectivity index (χ0n) is 16.8. The second kappa shape index (κ2) is 11.2. The summed E-state index contributed by atoms with van der Waals surface area (Å²) in [6.07, 6.45) is -0.0878. The molecule has 2 heterocycles. The van der Waals surface area contributed by atoms with Gasteiger partial charge in [-0.1, -0.05) is 0 Å². The van der Waals surface area contributed by atoms with Gasteiger partial charge in [-0.15, -0.1) is 0 Å².